The van der Waals surface area contributed by atoms with Gasteiger partial charge in [-0.15, -0.1) is 0 Å². The first kappa shape index (κ1) is 15.0. The Labute approximate surface area is 129 Å². The van der Waals surface area contributed by atoms with Crippen LogP contribution >= 0.6 is 0 Å². The molecular formula is C17H21NO4. The van der Waals surface area contributed by atoms with Gasteiger partial charge in [0.15, 0.2) is 0 Å². The fourth-order valence-electron chi connectivity index (χ4n) is 3.35. The molecule has 1 aromatic rings. The SMILES string of the molecule is O=C(O)CC1(NC(=O)C[C@@H]2C[C@H]2c2ccccc2)CCOC1. The van der Waals surface area contributed by atoms with E-state index in [-0.39, 0.29) is 18.9 Å². The van der Waals surface area contributed by atoms with Gasteiger partial charge < -0.3 is 15.2 Å². The molecule has 118 valence electrons. The number of hydrogen-bond acceptors (Lipinski definition) is 3. The molecule has 0 spiro atoms. The average Bonchev–Trinajstić information content (AvgIpc) is 3.09. The van der Waals surface area contributed by atoms with E-state index in [4.69, 9.17) is 9.84 Å². The Morgan fingerprint density at radius 2 is 2.09 bits per heavy atom. The molecule has 2 aliphatic rings. The van der Waals surface area contributed by atoms with Gasteiger partial charge in [0.05, 0.1) is 18.6 Å². The summed E-state index contributed by atoms with van der Waals surface area (Å²) in [4.78, 5) is 23.3. The molecule has 0 bridgehead atoms. The molecular weight excluding hydrogens is 282 g/mol. The van der Waals surface area contributed by atoms with E-state index >= 15 is 0 Å². The first-order valence-corrected chi connectivity index (χ1v) is 7.73. The van der Waals surface area contributed by atoms with Crippen molar-refractivity contribution in [1.82, 2.24) is 5.32 Å². The summed E-state index contributed by atoms with van der Waals surface area (Å²) >= 11 is 0. The summed E-state index contributed by atoms with van der Waals surface area (Å²) in [5.41, 5.74) is 0.560. The highest BCUT2D eigenvalue weighted by Gasteiger charge is 2.42. The van der Waals surface area contributed by atoms with Crippen LogP contribution in [0.3, 0.4) is 0 Å². The number of nitrogens with one attached hydrogen (secondary N) is 1. The third kappa shape index (κ3) is 3.47. The maximum absolute atomic E-state index is 12.3. The first-order chi connectivity index (χ1) is 10.6. The fraction of sp³-hybridized carbons (Fsp3) is 0.529. The van der Waals surface area contributed by atoms with Crippen molar-refractivity contribution >= 4 is 11.9 Å². The Balaban J connectivity index is 1.53. The van der Waals surface area contributed by atoms with Crippen LogP contribution in [-0.4, -0.2) is 35.7 Å². The Morgan fingerprint density at radius 1 is 1.32 bits per heavy atom. The maximum atomic E-state index is 12.3. The molecule has 1 saturated carbocycles. The van der Waals surface area contributed by atoms with E-state index in [1.165, 1.54) is 5.56 Å². The van der Waals surface area contributed by atoms with E-state index in [9.17, 15) is 9.59 Å². The van der Waals surface area contributed by atoms with Gasteiger partial charge in [0.2, 0.25) is 5.91 Å². The van der Waals surface area contributed by atoms with E-state index in [2.05, 4.69) is 17.4 Å². The zero-order chi connectivity index (χ0) is 15.6. The van der Waals surface area contributed by atoms with Gasteiger partial charge in [0, 0.05) is 13.0 Å². The molecule has 0 radical (unpaired) electrons. The van der Waals surface area contributed by atoms with Gasteiger partial charge in [-0.1, -0.05) is 30.3 Å². The van der Waals surface area contributed by atoms with Crippen LogP contribution in [0, 0.1) is 5.92 Å². The Morgan fingerprint density at radius 3 is 2.73 bits per heavy atom. The minimum Gasteiger partial charge on any atom is -0.481 e. The summed E-state index contributed by atoms with van der Waals surface area (Å²) in [6, 6.07) is 10.2. The molecule has 1 saturated heterocycles. The summed E-state index contributed by atoms with van der Waals surface area (Å²) in [6.45, 7) is 0.793. The number of carbonyl (C=O) groups excluding carboxylic acids is 1. The second-order valence-corrected chi connectivity index (χ2v) is 6.42. The summed E-state index contributed by atoms with van der Waals surface area (Å²) in [5.74, 6) is -0.136. The quantitative estimate of drug-likeness (QED) is 0.842. The normalized spacial score (nSPS) is 30.0. The van der Waals surface area contributed by atoms with E-state index in [0.29, 0.717) is 31.3 Å². The number of benzene rings is 1. The summed E-state index contributed by atoms with van der Waals surface area (Å²) in [6.07, 6.45) is 1.98. The van der Waals surface area contributed by atoms with Crippen LogP contribution in [0.25, 0.3) is 0 Å². The lowest BCUT2D eigenvalue weighted by Crippen LogP contribution is -2.50. The third-order valence-corrected chi connectivity index (χ3v) is 4.60. The number of rotatable bonds is 6. The molecule has 1 unspecified atom stereocenters. The minimum absolute atomic E-state index is 0.0600. The average molecular weight is 303 g/mol. The van der Waals surface area contributed by atoms with Crippen LogP contribution in [0.1, 0.15) is 37.2 Å². The second kappa shape index (κ2) is 6.08. The molecule has 5 heteroatoms. The number of carboxylic acids is 1. The summed E-state index contributed by atoms with van der Waals surface area (Å²) in [5, 5.41) is 12.0. The van der Waals surface area contributed by atoms with E-state index < -0.39 is 11.5 Å². The number of aliphatic carboxylic acids is 1. The Bertz CT molecular complexity index is 551. The summed E-state index contributed by atoms with van der Waals surface area (Å²) < 4.78 is 5.30. The molecule has 0 aromatic heterocycles. The highest BCUT2D eigenvalue weighted by molar-refractivity contribution is 5.79. The van der Waals surface area contributed by atoms with Crippen molar-refractivity contribution in [3.63, 3.8) is 0 Å². The van der Waals surface area contributed by atoms with Crippen LogP contribution in [0.15, 0.2) is 30.3 Å². The van der Waals surface area contributed by atoms with Crippen molar-refractivity contribution in [2.45, 2.75) is 37.1 Å². The lowest BCUT2D eigenvalue weighted by atomic mass is 9.94. The number of carbonyl (C=O) groups is 2. The first-order valence-electron chi connectivity index (χ1n) is 7.73. The highest BCUT2D eigenvalue weighted by atomic mass is 16.5. The molecule has 1 aliphatic heterocycles. The van der Waals surface area contributed by atoms with Crippen molar-refractivity contribution in [1.29, 1.82) is 0 Å². The minimum atomic E-state index is -0.903. The van der Waals surface area contributed by atoms with Gasteiger partial charge in [-0.05, 0) is 30.2 Å². The van der Waals surface area contributed by atoms with Gasteiger partial charge in [-0.25, -0.2) is 0 Å². The monoisotopic (exact) mass is 303 g/mol. The molecule has 2 fully saturated rings. The molecule has 1 aromatic carbocycles. The maximum Gasteiger partial charge on any atom is 0.305 e. The van der Waals surface area contributed by atoms with Crippen LogP contribution in [0.2, 0.25) is 0 Å². The van der Waals surface area contributed by atoms with Gasteiger partial charge in [0.25, 0.3) is 0 Å². The van der Waals surface area contributed by atoms with E-state index in [1.54, 1.807) is 0 Å². The van der Waals surface area contributed by atoms with Crippen molar-refractivity contribution in [2.24, 2.45) is 5.92 Å². The standard InChI is InChI=1S/C17H21NO4/c19-15(18-17(10-16(20)21)6-7-22-11-17)9-13-8-14(13)12-4-2-1-3-5-12/h1-5,13-14H,6-11H2,(H,18,19)(H,20,21)/t13-,14-,17?/m0/s1. The van der Waals surface area contributed by atoms with Crippen LogP contribution in [-0.2, 0) is 14.3 Å². The third-order valence-electron chi connectivity index (χ3n) is 4.60. The molecule has 5 nitrogen and oxygen atoms in total. The van der Waals surface area contributed by atoms with Gasteiger partial charge in [-0.2, -0.15) is 0 Å². The second-order valence-electron chi connectivity index (χ2n) is 6.42. The highest BCUT2D eigenvalue weighted by Crippen LogP contribution is 2.49. The van der Waals surface area contributed by atoms with Gasteiger partial charge in [0.1, 0.15) is 0 Å². The molecule has 1 amide bonds. The zero-order valence-corrected chi connectivity index (χ0v) is 12.5. The largest absolute Gasteiger partial charge is 0.481 e. The molecule has 22 heavy (non-hydrogen) atoms. The predicted octanol–water partition coefficient (Wildman–Crippen LogP) is 1.93. The number of carboxylic acid groups (broad SMARTS) is 1. The molecule has 3 rings (SSSR count). The molecule has 3 atom stereocenters. The Kier molecular flexibility index (Phi) is 4.16. The fourth-order valence-corrected chi connectivity index (χ4v) is 3.35. The van der Waals surface area contributed by atoms with Crippen LogP contribution in [0.5, 0.6) is 0 Å². The van der Waals surface area contributed by atoms with Crippen LogP contribution in [0.4, 0.5) is 0 Å². The topological polar surface area (TPSA) is 75.6 Å². The van der Waals surface area contributed by atoms with Crippen molar-refractivity contribution in [2.75, 3.05) is 13.2 Å². The van der Waals surface area contributed by atoms with Gasteiger partial charge in [-0.3, -0.25) is 9.59 Å². The van der Waals surface area contributed by atoms with Crippen molar-refractivity contribution in [3.8, 4) is 0 Å². The van der Waals surface area contributed by atoms with Crippen molar-refractivity contribution < 1.29 is 19.4 Å². The Hall–Kier alpha value is -1.88. The predicted molar refractivity (Wildman–Crippen MR) is 80.5 cm³/mol. The lowest BCUT2D eigenvalue weighted by Gasteiger charge is -2.27. The molecule has 1 aliphatic carbocycles. The van der Waals surface area contributed by atoms with Crippen molar-refractivity contribution in [3.05, 3.63) is 35.9 Å². The van der Waals surface area contributed by atoms with E-state index in [1.807, 2.05) is 18.2 Å². The molecule has 2 N–H and O–H groups in total. The zero-order valence-electron chi connectivity index (χ0n) is 12.5. The smallest absolute Gasteiger partial charge is 0.305 e. The van der Waals surface area contributed by atoms with Crippen LogP contribution < -0.4 is 5.32 Å². The molecule has 1 heterocycles. The number of hydrogen-bond donors (Lipinski definition) is 2. The number of ether oxygens (including phenoxy) is 1. The number of amides is 1. The summed E-state index contributed by atoms with van der Waals surface area (Å²) in [7, 11) is 0. The van der Waals surface area contributed by atoms with E-state index in [0.717, 1.165) is 6.42 Å². The lowest BCUT2D eigenvalue weighted by molar-refractivity contribution is -0.139. The van der Waals surface area contributed by atoms with Gasteiger partial charge >= 0.3 is 5.97 Å².